The average molecular weight is 304 g/mol. The largest absolute Gasteiger partial charge is 0.507 e. The third-order valence-corrected chi connectivity index (χ3v) is 3.59. The Morgan fingerprint density at radius 2 is 1.57 bits per heavy atom. The molecule has 0 bridgehead atoms. The second kappa shape index (κ2) is 6.23. The van der Waals surface area contributed by atoms with Crippen LogP contribution >= 0.6 is 0 Å². The molecular formula is C19H16N2O2. The number of benzene rings is 3. The summed E-state index contributed by atoms with van der Waals surface area (Å²) in [5.41, 5.74) is 6.81. The van der Waals surface area contributed by atoms with E-state index in [0.29, 0.717) is 16.8 Å². The third-order valence-electron chi connectivity index (χ3n) is 3.59. The molecule has 4 heteroatoms. The van der Waals surface area contributed by atoms with Crippen molar-refractivity contribution in [3.05, 3.63) is 84.4 Å². The first kappa shape index (κ1) is 14.7. The fraction of sp³-hybridized carbons (Fsp3) is 0. The summed E-state index contributed by atoms with van der Waals surface area (Å²) in [6.45, 7) is 3.87. The van der Waals surface area contributed by atoms with Gasteiger partial charge in [-0.25, -0.2) is 0 Å². The monoisotopic (exact) mass is 304 g/mol. The molecule has 0 aliphatic carbocycles. The Balaban J connectivity index is 1.76. The minimum Gasteiger partial charge on any atom is -0.507 e. The minimum absolute atomic E-state index is 0.134. The van der Waals surface area contributed by atoms with Gasteiger partial charge in [-0.15, -0.1) is 0 Å². The normalized spacial score (nSPS) is 10.3. The number of hydrogen-bond acceptors (Lipinski definition) is 3. The molecule has 23 heavy (non-hydrogen) atoms. The summed E-state index contributed by atoms with van der Waals surface area (Å²) in [5.74, 6) is -0.137. The van der Waals surface area contributed by atoms with Crippen LogP contribution in [0.4, 0.5) is 0 Å². The zero-order chi connectivity index (χ0) is 16.2. The van der Waals surface area contributed by atoms with Crippen LogP contribution in [0, 0.1) is 0 Å². The highest BCUT2D eigenvalue weighted by Crippen LogP contribution is 2.31. The molecule has 3 aromatic rings. The first-order valence-corrected chi connectivity index (χ1v) is 7.18. The van der Waals surface area contributed by atoms with Crippen molar-refractivity contribution in [1.82, 2.24) is 10.9 Å². The van der Waals surface area contributed by atoms with Crippen LogP contribution in [-0.4, -0.2) is 11.0 Å². The number of aromatic hydroxyl groups is 1. The molecule has 3 aromatic carbocycles. The molecule has 0 spiro atoms. The highest BCUT2D eigenvalue weighted by atomic mass is 16.3. The lowest BCUT2D eigenvalue weighted by molar-refractivity contribution is 0.0942. The molecule has 0 fully saturated rings. The van der Waals surface area contributed by atoms with Gasteiger partial charge in [-0.1, -0.05) is 55.1 Å². The van der Waals surface area contributed by atoms with E-state index in [4.69, 9.17) is 0 Å². The number of carbonyl (C=O) groups is 1. The number of nitrogens with one attached hydrogen (secondary N) is 2. The van der Waals surface area contributed by atoms with Gasteiger partial charge in [-0.05, 0) is 23.6 Å². The van der Waals surface area contributed by atoms with Crippen molar-refractivity contribution in [1.29, 1.82) is 0 Å². The van der Waals surface area contributed by atoms with Gasteiger partial charge in [0.05, 0.1) is 5.70 Å². The summed E-state index contributed by atoms with van der Waals surface area (Å²) in [4.78, 5) is 12.0. The lowest BCUT2D eigenvalue weighted by Crippen LogP contribution is -2.35. The molecule has 3 rings (SSSR count). The molecule has 0 saturated heterocycles. The second-order valence-electron chi connectivity index (χ2n) is 5.11. The molecular weight excluding hydrogens is 288 g/mol. The highest BCUT2D eigenvalue weighted by molar-refractivity contribution is 5.95. The molecule has 1 amide bonds. The Hall–Kier alpha value is -3.27. The number of phenols is 1. The van der Waals surface area contributed by atoms with Crippen LogP contribution in [0.2, 0.25) is 0 Å². The molecule has 0 heterocycles. The molecule has 114 valence electrons. The van der Waals surface area contributed by atoms with Gasteiger partial charge >= 0.3 is 0 Å². The van der Waals surface area contributed by atoms with Gasteiger partial charge < -0.3 is 5.11 Å². The number of amides is 1. The Morgan fingerprint density at radius 3 is 2.35 bits per heavy atom. The zero-order valence-corrected chi connectivity index (χ0v) is 12.4. The minimum atomic E-state index is -0.271. The Kier molecular flexibility index (Phi) is 3.97. The molecule has 0 aromatic heterocycles. The molecule has 4 nitrogen and oxygen atoms in total. The SMILES string of the molecule is C=C(NNC(=O)c1ccccc1)c1ccc2ccccc2c1O. The fourth-order valence-corrected chi connectivity index (χ4v) is 2.36. The predicted octanol–water partition coefficient (Wildman–Crippen LogP) is 3.45. The summed E-state index contributed by atoms with van der Waals surface area (Å²) in [6, 6.07) is 20.1. The topological polar surface area (TPSA) is 61.4 Å². The van der Waals surface area contributed by atoms with Crippen LogP contribution in [0.3, 0.4) is 0 Å². The van der Waals surface area contributed by atoms with Crippen molar-refractivity contribution in [3.8, 4) is 5.75 Å². The van der Waals surface area contributed by atoms with Crippen LogP contribution < -0.4 is 10.9 Å². The van der Waals surface area contributed by atoms with Gasteiger partial charge in [0.15, 0.2) is 0 Å². The maximum atomic E-state index is 12.0. The van der Waals surface area contributed by atoms with Crippen molar-refractivity contribution in [3.63, 3.8) is 0 Å². The highest BCUT2D eigenvalue weighted by Gasteiger charge is 2.10. The van der Waals surface area contributed by atoms with Crippen molar-refractivity contribution >= 4 is 22.4 Å². The number of hydrogen-bond donors (Lipinski definition) is 3. The summed E-state index contributed by atoms with van der Waals surface area (Å²) in [5, 5.41) is 12.1. The van der Waals surface area contributed by atoms with E-state index in [0.717, 1.165) is 10.8 Å². The van der Waals surface area contributed by atoms with Crippen molar-refractivity contribution in [2.45, 2.75) is 0 Å². The molecule has 0 saturated carbocycles. The van der Waals surface area contributed by atoms with E-state index >= 15 is 0 Å². The van der Waals surface area contributed by atoms with Gasteiger partial charge in [0.2, 0.25) is 0 Å². The van der Waals surface area contributed by atoms with E-state index in [2.05, 4.69) is 17.4 Å². The summed E-state index contributed by atoms with van der Waals surface area (Å²) in [6.07, 6.45) is 0. The Bertz CT molecular complexity index is 873. The lowest BCUT2D eigenvalue weighted by Gasteiger charge is -2.13. The van der Waals surface area contributed by atoms with E-state index in [-0.39, 0.29) is 11.7 Å². The summed E-state index contributed by atoms with van der Waals surface area (Å²) >= 11 is 0. The molecule has 0 atom stereocenters. The number of phenolic OH excluding ortho intramolecular Hbond substituents is 1. The number of rotatable bonds is 4. The van der Waals surface area contributed by atoms with E-state index in [9.17, 15) is 9.90 Å². The van der Waals surface area contributed by atoms with E-state index in [1.165, 1.54) is 0 Å². The molecule has 3 N–H and O–H groups in total. The van der Waals surface area contributed by atoms with Crippen LogP contribution in [0.1, 0.15) is 15.9 Å². The quantitative estimate of drug-likeness (QED) is 0.647. The molecule has 0 unspecified atom stereocenters. The number of fused-ring (bicyclic) bond motifs is 1. The van der Waals surface area contributed by atoms with E-state index < -0.39 is 0 Å². The average Bonchev–Trinajstić information content (AvgIpc) is 2.60. The lowest BCUT2D eigenvalue weighted by atomic mass is 10.0. The van der Waals surface area contributed by atoms with Crippen LogP contribution in [0.5, 0.6) is 5.75 Å². The second-order valence-corrected chi connectivity index (χ2v) is 5.11. The van der Waals surface area contributed by atoms with Gasteiger partial charge in [-0.3, -0.25) is 15.6 Å². The fourth-order valence-electron chi connectivity index (χ4n) is 2.36. The maximum Gasteiger partial charge on any atom is 0.269 e. The van der Waals surface area contributed by atoms with Crippen molar-refractivity contribution in [2.24, 2.45) is 0 Å². The van der Waals surface area contributed by atoms with Crippen molar-refractivity contribution in [2.75, 3.05) is 0 Å². The predicted molar refractivity (Wildman–Crippen MR) is 91.7 cm³/mol. The molecule has 0 aliphatic heterocycles. The first-order valence-electron chi connectivity index (χ1n) is 7.18. The first-order chi connectivity index (χ1) is 11.2. The van der Waals surface area contributed by atoms with Gasteiger partial charge in [-0.2, -0.15) is 0 Å². The maximum absolute atomic E-state index is 12.0. The van der Waals surface area contributed by atoms with Gasteiger partial charge in [0, 0.05) is 16.5 Å². The standard InChI is InChI=1S/C19H16N2O2/c1-13(20-21-19(23)15-8-3-2-4-9-15)16-12-11-14-7-5-6-10-17(14)18(16)22/h2-12,20,22H,1H2,(H,21,23). The number of hydrazine groups is 1. The Morgan fingerprint density at radius 1 is 0.870 bits per heavy atom. The van der Waals surface area contributed by atoms with Gasteiger partial charge in [0.25, 0.3) is 5.91 Å². The van der Waals surface area contributed by atoms with E-state index in [1.54, 1.807) is 30.3 Å². The van der Waals surface area contributed by atoms with E-state index in [1.807, 2.05) is 36.4 Å². The van der Waals surface area contributed by atoms with Crippen LogP contribution in [-0.2, 0) is 0 Å². The Labute approximate surface area is 134 Å². The molecule has 0 aliphatic rings. The van der Waals surface area contributed by atoms with Gasteiger partial charge in [0.1, 0.15) is 5.75 Å². The smallest absolute Gasteiger partial charge is 0.269 e. The summed E-state index contributed by atoms with van der Waals surface area (Å²) < 4.78 is 0. The molecule has 0 radical (unpaired) electrons. The third kappa shape index (κ3) is 3.01. The van der Waals surface area contributed by atoms with Crippen LogP contribution in [0.15, 0.2) is 73.3 Å². The van der Waals surface area contributed by atoms with Crippen molar-refractivity contribution < 1.29 is 9.90 Å². The van der Waals surface area contributed by atoms with Crippen LogP contribution in [0.25, 0.3) is 16.5 Å². The number of carbonyl (C=O) groups excluding carboxylic acids is 1. The zero-order valence-electron chi connectivity index (χ0n) is 12.4. The summed E-state index contributed by atoms with van der Waals surface area (Å²) in [7, 11) is 0.